The molecule has 0 aliphatic carbocycles. The third-order valence-electron chi connectivity index (χ3n) is 2.56. The number of ether oxygens (including phenoxy) is 6. The number of hydrogen-bond acceptors (Lipinski definition) is 8. The molecule has 0 rings (SSSR count). The monoisotopic (exact) mass is 379 g/mol. The lowest BCUT2D eigenvalue weighted by Gasteiger charge is -2.19. The van der Waals surface area contributed by atoms with Crippen LogP contribution in [0.15, 0.2) is 0 Å². The van der Waals surface area contributed by atoms with Crippen LogP contribution in [0.2, 0.25) is 0 Å². The summed E-state index contributed by atoms with van der Waals surface area (Å²) in [7, 11) is 0. The topological polar surface area (TPSA) is 102 Å². The summed E-state index contributed by atoms with van der Waals surface area (Å²) >= 11 is 0. The lowest BCUT2D eigenvalue weighted by Crippen LogP contribution is -2.34. The Hall–Kier alpha value is -1.42. The minimum atomic E-state index is -0.506. The molecule has 0 aromatic heterocycles. The Kier molecular flexibility index (Phi) is 14.9. The normalized spacial score (nSPS) is 11.2. The van der Waals surface area contributed by atoms with E-state index < -0.39 is 11.7 Å². The van der Waals surface area contributed by atoms with Crippen molar-refractivity contribution in [2.75, 3.05) is 66.0 Å². The molecule has 0 aromatic carbocycles. The van der Waals surface area contributed by atoms with Crippen LogP contribution in [-0.4, -0.2) is 83.7 Å². The van der Waals surface area contributed by atoms with Crippen molar-refractivity contribution in [2.45, 2.75) is 33.3 Å². The van der Waals surface area contributed by atoms with Gasteiger partial charge in [-0.05, 0) is 27.7 Å². The van der Waals surface area contributed by atoms with Gasteiger partial charge < -0.3 is 33.7 Å². The predicted octanol–water partition coefficient (Wildman–Crippen LogP) is 1.14. The van der Waals surface area contributed by atoms with Gasteiger partial charge >= 0.3 is 12.1 Å². The number of amides is 1. The summed E-state index contributed by atoms with van der Waals surface area (Å²) in [5.74, 6) is -0.378. The van der Waals surface area contributed by atoms with Gasteiger partial charge in [-0.2, -0.15) is 0 Å². The van der Waals surface area contributed by atoms with Crippen molar-refractivity contribution in [2.24, 2.45) is 0 Å². The highest BCUT2D eigenvalue weighted by atomic mass is 16.6. The Balaban J connectivity index is 3.20. The first-order valence-corrected chi connectivity index (χ1v) is 8.78. The molecule has 0 saturated heterocycles. The number of nitrogens with one attached hydrogen (secondary N) is 1. The van der Waals surface area contributed by atoms with Gasteiger partial charge in [0.25, 0.3) is 0 Å². The van der Waals surface area contributed by atoms with Gasteiger partial charge in [-0.1, -0.05) is 0 Å². The zero-order valence-electron chi connectivity index (χ0n) is 16.3. The van der Waals surface area contributed by atoms with Crippen LogP contribution in [0.1, 0.15) is 27.7 Å². The van der Waals surface area contributed by atoms with Crippen molar-refractivity contribution in [3.8, 4) is 0 Å². The van der Waals surface area contributed by atoms with Gasteiger partial charge in [-0.3, -0.25) is 0 Å². The molecule has 0 unspecified atom stereocenters. The molecular weight excluding hydrogens is 346 g/mol. The Labute approximate surface area is 155 Å². The molecule has 154 valence electrons. The van der Waals surface area contributed by atoms with Crippen LogP contribution in [0, 0.1) is 0 Å². The highest BCUT2D eigenvalue weighted by Crippen LogP contribution is 2.05. The van der Waals surface area contributed by atoms with Crippen molar-refractivity contribution < 1.29 is 38.0 Å². The number of alkyl carbamates (subject to hydrolysis) is 1. The van der Waals surface area contributed by atoms with Gasteiger partial charge in [0.1, 0.15) is 12.2 Å². The summed E-state index contributed by atoms with van der Waals surface area (Å²) in [4.78, 5) is 22.3. The first kappa shape index (κ1) is 24.6. The van der Waals surface area contributed by atoms with Crippen LogP contribution >= 0.6 is 0 Å². The van der Waals surface area contributed by atoms with Crippen molar-refractivity contribution in [1.29, 1.82) is 0 Å². The van der Waals surface area contributed by atoms with E-state index in [4.69, 9.17) is 28.4 Å². The molecule has 0 heterocycles. The van der Waals surface area contributed by atoms with Crippen LogP contribution in [0.5, 0.6) is 0 Å². The zero-order chi connectivity index (χ0) is 19.7. The molecule has 0 saturated carbocycles. The van der Waals surface area contributed by atoms with Crippen LogP contribution < -0.4 is 5.32 Å². The molecule has 0 radical (unpaired) electrons. The summed E-state index contributed by atoms with van der Waals surface area (Å²) in [5.41, 5.74) is -0.506. The molecule has 26 heavy (non-hydrogen) atoms. The quantitative estimate of drug-likeness (QED) is 0.334. The predicted molar refractivity (Wildman–Crippen MR) is 94.1 cm³/mol. The molecule has 0 bridgehead atoms. The second-order valence-corrected chi connectivity index (χ2v) is 6.12. The van der Waals surface area contributed by atoms with Crippen LogP contribution in [0.25, 0.3) is 0 Å². The van der Waals surface area contributed by atoms with Crippen molar-refractivity contribution >= 4 is 12.1 Å². The fourth-order valence-electron chi connectivity index (χ4n) is 1.56. The summed E-state index contributed by atoms with van der Waals surface area (Å²) in [6.07, 6.45) is -0.458. The molecule has 0 aliphatic rings. The summed E-state index contributed by atoms with van der Waals surface area (Å²) in [6.45, 7) is 10.7. The second-order valence-electron chi connectivity index (χ2n) is 6.12. The fourth-order valence-corrected chi connectivity index (χ4v) is 1.56. The molecule has 0 fully saturated rings. The number of hydrogen-bond donors (Lipinski definition) is 1. The standard InChI is InChI=1S/C17H33NO8/c1-5-25-15(19)14-24-13-12-23-11-10-22-9-8-21-7-6-18-16(20)26-17(2,3)4/h5-14H2,1-4H3,(H,18,20). The van der Waals surface area contributed by atoms with E-state index >= 15 is 0 Å². The molecule has 1 N–H and O–H groups in total. The van der Waals surface area contributed by atoms with E-state index in [1.165, 1.54) is 0 Å². The molecule has 0 aliphatic heterocycles. The highest BCUT2D eigenvalue weighted by Gasteiger charge is 2.15. The largest absolute Gasteiger partial charge is 0.464 e. The van der Waals surface area contributed by atoms with Gasteiger partial charge in [-0.25, -0.2) is 9.59 Å². The van der Waals surface area contributed by atoms with E-state index in [9.17, 15) is 9.59 Å². The maximum Gasteiger partial charge on any atom is 0.407 e. The fraction of sp³-hybridized carbons (Fsp3) is 0.882. The highest BCUT2D eigenvalue weighted by molar-refractivity contribution is 5.70. The van der Waals surface area contributed by atoms with Gasteiger partial charge in [0.15, 0.2) is 0 Å². The minimum absolute atomic E-state index is 0.0617. The molecule has 0 spiro atoms. The molecule has 1 amide bonds. The van der Waals surface area contributed by atoms with Gasteiger partial charge in [-0.15, -0.1) is 0 Å². The van der Waals surface area contributed by atoms with E-state index in [0.29, 0.717) is 59.4 Å². The van der Waals surface area contributed by atoms with Crippen molar-refractivity contribution in [3.05, 3.63) is 0 Å². The van der Waals surface area contributed by atoms with E-state index in [1.807, 2.05) is 0 Å². The number of carbonyl (C=O) groups is 2. The zero-order valence-corrected chi connectivity index (χ0v) is 16.3. The van der Waals surface area contributed by atoms with Gasteiger partial charge in [0.2, 0.25) is 0 Å². The average Bonchev–Trinajstić information content (AvgIpc) is 2.53. The average molecular weight is 379 g/mol. The molecule has 0 atom stereocenters. The molecule has 9 heteroatoms. The Morgan fingerprint density at radius 2 is 1.31 bits per heavy atom. The van der Waals surface area contributed by atoms with E-state index in [1.54, 1.807) is 27.7 Å². The minimum Gasteiger partial charge on any atom is -0.464 e. The third kappa shape index (κ3) is 18.9. The molecule has 0 aromatic rings. The Morgan fingerprint density at radius 1 is 0.808 bits per heavy atom. The van der Waals surface area contributed by atoms with Crippen LogP contribution in [0.3, 0.4) is 0 Å². The first-order chi connectivity index (χ1) is 12.3. The van der Waals surface area contributed by atoms with Gasteiger partial charge in [0, 0.05) is 6.54 Å². The van der Waals surface area contributed by atoms with E-state index in [0.717, 1.165) is 0 Å². The Morgan fingerprint density at radius 3 is 1.81 bits per heavy atom. The second kappa shape index (κ2) is 15.8. The Bertz CT molecular complexity index is 370. The van der Waals surface area contributed by atoms with Crippen LogP contribution in [0.4, 0.5) is 4.79 Å². The van der Waals surface area contributed by atoms with E-state index in [-0.39, 0.29) is 12.6 Å². The van der Waals surface area contributed by atoms with Crippen molar-refractivity contribution in [1.82, 2.24) is 5.32 Å². The molecular formula is C17H33NO8. The molecule has 9 nitrogen and oxygen atoms in total. The third-order valence-corrected chi connectivity index (χ3v) is 2.56. The summed E-state index contributed by atoms with van der Waals surface area (Å²) < 4.78 is 30.8. The lowest BCUT2D eigenvalue weighted by molar-refractivity contribution is -0.149. The van der Waals surface area contributed by atoms with Gasteiger partial charge in [0.05, 0.1) is 52.9 Å². The SMILES string of the molecule is CCOC(=O)COCCOCCOCCOCCNC(=O)OC(C)(C)C. The summed E-state index contributed by atoms with van der Waals surface area (Å²) in [5, 5.41) is 2.60. The van der Waals surface area contributed by atoms with E-state index in [2.05, 4.69) is 5.32 Å². The number of carbonyl (C=O) groups excluding carboxylic acids is 2. The smallest absolute Gasteiger partial charge is 0.407 e. The van der Waals surface area contributed by atoms with Crippen LogP contribution in [-0.2, 0) is 33.2 Å². The maximum atomic E-state index is 11.4. The number of esters is 1. The lowest BCUT2D eigenvalue weighted by atomic mass is 10.2. The maximum absolute atomic E-state index is 11.4. The van der Waals surface area contributed by atoms with Crippen molar-refractivity contribution in [3.63, 3.8) is 0 Å². The summed E-state index contributed by atoms with van der Waals surface area (Å²) in [6, 6.07) is 0. The number of rotatable bonds is 15. The first-order valence-electron chi connectivity index (χ1n) is 8.78.